The molecule has 2 aromatic heterocycles. The van der Waals surface area contributed by atoms with Gasteiger partial charge in [-0.3, -0.25) is 19.7 Å². The fourth-order valence-corrected chi connectivity index (χ4v) is 4.46. The first-order valence-electron chi connectivity index (χ1n) is 9.89. The Morgan fingerprint density at radius 3 is 2.68 bits per heavy atom. The second kappa shape index (κ2) is 8.62. The molecule has 0 aliphatic carbocycles. The summed E-state index contributed by atoms with van der Waals surface area (Å²) in [5.41, 5.74) is 5.25. The van der Waals surface area contributed by atoms with Crippen molar-refractivity contribution in [1.82, 2.24) is 14.9 Å². The van der Waals surface area contributed by atoms with E-state index in [1.807, 2.05) is 12.3 Å². The summed E-state index contributed by atoms with van der Waals surface area (Å²) in [5.74, 6) is 0.494. The number of anilines is 1. The molecule has 0 spiro atoms. The molecule has 3 heterocycles. The zero-order valence-electron chi connectivity index (χ0n) is 17.2. The van der Waals surface area contributed by atoms with Gasteiger partial charge in [0, 0.05) is 36.6 Å². The van der Waals surface area contributed by atoms with E-state index >= 15 is 0 Å². The highest BCUT2D eigenvalue weighted by atomic mass is 32.1. The number of aryl methyl sites for hydroxylation is 2. The number of thiol groups is 1. The lowest BCUT2D eigenvalue weighted by atomic mass is 9.89. The number of nitrogens with one attached hydrogen (secondary N) is 1. The highest BCUT2D eigenvalue weighted by molar-refractivity contribution is 7.81. The van der Waals surface area contributed by atoms with E-state index in [4.69, 9.17) is 12.6 Å². The molecule has 0 radical (unpaired) electrons. The summed E-state index contributed by atoms with van der Waals surface area (Å²) >= 11 is 5.02. The summed E-state index contributed by atoms with van der Waals surface area (Å²) < 4.78 is 0. The van der Waals surface area contributed by atoms with E-state index in [1.54, 1.807) is 6.20 Å². The molecular weight excluding hydrogens is 368 g/mol. The molecule has 150 valence electrons. The number of pyridine rings is 2. The number of piperidine rings is 1. The van der Waals surface area contributed by atoms with Gasteiger partial charge in [0.15, 0.2) is 0 Å². The molecule has 1 aliphatic heterocycles. The molecule has 28 heavy (non-hydrogen) atoms. The van der Waals surface area contributed by atoms with Gasteiger partial charge in [0.2, 0.25) is 5.91 Å². The van der Waals surface area contributed by atoms with Crippen LogP contribution in [0, 0.1) is 19.8 Å². The van der Waals surface area contributed by atoms with Crippen LogP contribution in [0.1, 0.15) is 49.2 Å². The zero-order valence-corrected chi connectivity index (χ0v) is 18.1. The minimum absolute atomic E-state index is 0.0965. The van der Waals surface area contributed by atoms with Crippen molar-refractivity contribution >= 4 is 24.2 Å². The number of hydrogen-bond donors (Lipinski definition) is 2. The third-order valence-corrected chi connectivity index (χ3v) is 5.95. The maximum Gasteiger partial charge on any atom is 0.221 e. The van der Waals surface area contributed by atoms with Gasteiger partial charge in [0.05, 0.1) is 16.8 Å². The van der Waals surface area contributed by atoms with Crippen molar-refractivity contribution in [3.05, 3.63) is 53.1 Å². The van der Waals surface area contributed by atoms with Gasteiger partial charge in [-0.1, -0.05) is 0 Å². The smallest absolute Gasteiger partial charge is 0.221 e. The minimum atomic E-state index is -0.440. The molecule has 0 unspecified atom stereocenters. The second-order valence-corrected chi connectivity index (χ2v) is 8.95. The number of likely N-dealkylation sites (tertiary alicyclic amines) is 1. The Morgan fingerprint density at radius 2 is 2.00 bits per heavy atom. The summed E-state index contributed by atoms with van der Waals surface area (Å²) in [6.45, 7) is 9.74. The fraction of sp³-hybridized carbons (Fsp3) is 0.500. The molecule has 2 atom stereocenters. The molecule has 0 saturated carbocycles. The van der Waals surface area contributed by atoms with E-state index in [2.05, 4.69) is 53.1 Å². The molecule has 1 saturated heterocycles. The average Bonchev–Trinajstić information content (AvgIpc) is 2.61. The standard InChI is InChI=1S/C22H30N4OS/c1-15-8-19(9-16(2)24-15)10-18-6-5-7-26(14-18)22(4,28)20-11-21(13-23-12-20)25-17(3)27/h8-9,11-13,18,28H,5-7,10,14H2,1-4H3,(H,25,27)/t18-,22+/m1/s1. The van der Waals surface area contributed by atoms with Gasteiger partial charge in [0.25, 0.3) is 0 Å². The molecule has 1 N–H and O–H groups in total. The summed E-state index contributed by atoms with van der Waals surface area (Å²) in [4.78, 5) is 22.2. The van der Waals surface area contributed by atoms with E-state index in [0.717, 1.165) is 42.9 Å². The van der Waals surface area contributed by atoms with Crippen LogP contribution in [0.25, 0.3) is 0 Å². The number of aromatic nitrogens is 2. The van der Waals surface area contributed by atoms with Crippen molar-refractivity contribution in [2.75, 3.05) is 18.4 Å². The Hall–Kier alpha value is -1.92. The second-order valence-electron chi connectivity index (χ2n) is 8.08. The van der Waals surface area contributed by atoms with Gasteiger partial charge in [0.1, 0.15) is 0 Å². The van der Waals surface area contributed by atoms with E-state index in [-0.39, 0.29) is 5.91 Å². The first-order chi connectivity index (χ1) is 13.2. The first kappa shape index (κ1) is 20.8. The summed E-state index contributed by atoms with van der Waals surface area (Å²) in [7, 11) is 0. The molecule has 3 rings (SSSR count). The van der Waals surface area contributed by atoms with Crippen LogP contribution in [0.2, 0.25) is 0 Å². The third kappa shape index (κ3) is 5.11. The van der Waals surface area contributed by atoms with Crippen LogP contribution in [0.4, 0.5) is 5.69 Å². The van der Waals surface area contributed by atoms with Crippen molar-refractivity contribution in [1.29, 1.82) is 0 Å². The van der Waals surface area contributed by atoms with Gasteiger partial charge in [-0.15, -0.1) is 0 Å². The number of amides is 1. The summed E-state index contributed by atoms with van der Waals surface area (Å²) in [5, 5.41) is 2.81. The molecule has 1 amide bonds. The van der Waals surface area contributed by atoms with Crippen LogP contribution in [0.5, 0.6) is 0 Å². The van der Waals surface area contributed by atoms with Crippen LogP contribution in [-0.2, 0) is 16.1 Å². The average molecular weight is 399 g/mol. The molecule has 2 aromatic rings. The lowest BCUT2D eigenvalue weighted by molar-refractivity contribution is -0.114. The number of nitrogens with zero attached hydrogens (tertiary/aromatic N) is 3. The molecule has 1 fully saturated rings. The minimum Gasteiger partial charge on any atom is -0.325 e. The summed E-state index contributed by atoms with van der Waals surface area (Å²) in [6, 6.07) is 6.37. The van der Waals surface area contributed by atoms with E-state index in [1.165, 1.54) is 18.9 Å². The molecular formula is C22H30N4OS. The first-order valence-corrected chi connectivity index (χ1v) is 10.3. The van der Waals surface area contributed by atoms with Crippen molar-refractivity contribution in [2.45, 2.75) is 51.8 Å². The van der Waals surface area contributed by atoms with Crippen molar-refractivity contribution in [3.8, 4) is 0 Å². The Kier molecular flexibility index (Phi) is 6.40. The Balaban J connectivity index is 1.74. The Morgan fingerprint density at radius 1 is 1.29 bits per heavy atom. The van der Waals surface area contributed by atoms with Crippen LogP contribution in [-0.4, -0.2) is 33.9 Å². The van der Waals surface area contributed by atoms with Crippen molar-refractivity contribution < 1.29 is 4.79 Å². The van der Waals surface area contributed by atoms with Gasteiger partial charge in [-0.25, -0.2) is 0 Å². The Labute approximate surface area is 173 Å². The van der Waals surface area contributed by atoms with E-state index < -0.39 is 4.87 Å². The quantitative estimate of drug-likeness (QED) is 0.744. The van der Waals surface area contributed by atoms with E-state index in [0.29, 0.717) is 11.6 Å². The molecule has 0 aromatic carbocycles. The predicted octanol–water partition coefficient (Wildman–Crippen LogP) is 4.11. The third-order valence-electron chi connectivity index (χ3n) is 5.41. The lowest BCUT2D eigenvalue weighted by Crippen LogP contribution is -2.46. The van der Waals surface area contributed by atoms with Gasteiger partial charge in [-0.2, -0.15) is 12.6 Å². The lowest BCUT2D eigenvalue weighted by Gasteiger charge is -2.43. The highest BCUT2D eigenvalue weighted by Gasteiger charge is 2.34. The molecule has 6 heteroatoms. The van der Waals surface area contributed by atoms with Crippen LogP contribution < -0.4 is 5.32 Å². The van der Waals surface area contributed by atoms with Crippen molar-refractivity contribution in [3.63, 3.8) is 0 Å². The number of carbonyl (C=O) groups excluding carboxylic acids is 1. The van der Waals surface area contributed by atoms with Crippen LogP contribution in [0.3, 0.4) is 0 Å². The van der Waals surface area contributed by atoms with Gasteiger partial charge >= 0.3 is 0 Å². The fourth-order valence-electron chi connectivity index (χ4n) is 4.15. The normalized spacial score (nSPS) is 19.8. The SMILES string of the molecule is CC(=O)Nc1cncc([C@](C)(S)N2CCC[C@H](Cc3cc(C)nc(C)c3)C2)c1. The van der Waals surface area contributed by atoms with Gasteiger partial charge in [-0.05, 0) is 76.3 Å². The highest BCUT2D eigenvalue weighted by Crippen LogP contribution is 2.37. The monoisotopic (exact) mass is 398 g/mol. The van der Waals surface area contributed by atoms with Crippen molar-refractivity contribution in [2.24, 2.45) is 5.92 Å². The number of carbonyl (C=O) groups is 1. The largest absolute Gasteiger partial charge is 0.325 e. The maximum atomic E-state index is 11.4. The zero-order chi connectivity index (χ0) is 20.3. The van der Waals surface area contributed by atoms with E-state index in [9.17, 15) is 4.79 Å². The number of rotatable bonds is 5. The maximum absolute atomic E-state index is 11.4. The van der Waals surface area contributed by atoms with Crippen LogP contribution >= 0.6 is 12.6 Å². The topological polar surface area (TPSA) is 58.1 Å². The summed E-state index contributed by atoms with van der Waals surface area (Å²) in [6.07, 6.45) is 6.96. The Bertz CT molecular complexity index is 832. The van der Waals surface area contributed by atoms with Gasteiger partial charge < -0.3 is 5.32 Å². The predicted molar refractivity (Wildman–Crippen MR) is 117 cm³/mol. The molecule has 1 aliphatic rings. The molecule has 5 nitrogen and oxygen atoms in total. The van der Waals surface area contributed by atoms with Crippen LogP contribution in [0.15, 0.2) is 30.6 Å². The number of hydrogen-bond acceptors (Lipinski definition) is 5. The molecule has 0 bridgehead atoms.